The van der Waals surface area contributed by atoms with Crippen LogP contribution in [0.2, 0.25) is 0 Å². The third-order valence-corrected chi connectivity index (χ3v) is 6.28. The largest absolute Gasteiger partial charge is 0.504 e. The van der Waals surface area contributed by atoms with E-state index in [-0.39, 0.29) is 16.2 Å². The van der Waals surface area contributed by atoms with E-state index in [2.05, 4.69) is 10.5 Å². The summed E-state index contributed by atoms with van der Waals surface area (Å²) < 4.78 is 31.6. The maximum absolute atomic E-state index is 12.6. The predicted molar refractivity (Wildman–Crippen MR) is 104 cm³/mol. The minimum absolute atomic E-state index is 0.0439. The maximum Gasteiger partial charge on any atom is 0.271 e. The normalized spacial score (nSPS) is 15.0. The second-order valence-electron chi connectivity index (χ2n) is 6.27. The molecule has 0 saturated carbocycles. The zero-order valence-electron chi connectivity index (χ0n) is 15.3. The Labute approximate surface area is 163 Å². The molecule has 8 nitrogen and oxygen atoms in total. The molecular weight excluding hydrogens is 382 g/mol. The van der Waals surface area contributed by atoms with Crippen molar-refractivity contribution >= 4 is 22.1 Å². The van der Waals surface area contributed by atoms with E-state index in [1.54, 1.807) is 12.1 Å². The van der Waals surface area contributed by atoms with Crippen LogP contribution in [0.5, 0.6) is 11.5 Å². The fourth-order valence-electron chi connectivity index (χ4n) is 2.89. The van der Waals surface area contributed by atoms with Crippen molar-refractivity contribution in [1.82, 2.24) is 9.73 Å². The van der Waals surface area contributed by atoms with Crippen LogP contribution in [0.1, 0.15) is 28.8 Å². The molecule has 2 N–H and O–H groups in total. The number of benzene rings is 2. The molecule has 3 rings (SSSR count). The van der Waals surface area contributed by atoms with Gasteiger partial charge in [-0.2, -0.15) is 9.41 Å². The molecule has 1 aliphatic heterocycles. The van der Waals surface area contributed by atoms with Crippen molar-refractivity contribution in [2.45, 2.75) is 17.7 Å². The van der Waals surface area contributed by atoms with Gasteiger partial charge in [0.15, 0.2) is 11.5 Å². The molecule has 0 atom stereocenters. The van der Waals surface area contributed by atoms with Crippen LogP contribution in [0.25, 0.3) is 0 Å². The van der Waals surface area contributed by atoms with Crippen LogP contribution >= 0.6 is 0 Å². The van der Waals surface area contributed by atoms with Gasteiger partial charge in [-0.3, -0.25) is 4.79 Å². The molecule has 0 unspecified atom stereocenters. The van der Waals surface area contributed by atoms with Gasteiger partial charge < -0.3 is 9.84 Å². The number of methoxy groups -OCH3 is 1. The van der Waals surface area contributed by atoms with Gasteiger partial charge in [-0.1, -0.05) is 6.07 Å². The lowest BCUT2D eigenvalue weighted by Gasteiger charge is -2.15. The average molecular weight is 403 g/mol. The smallest absolute Gasteiger partial charge is 0.271 e. The summed E-state index contributed by atoms with van der Waals surface area (Å²) in [7, 11) is -2.15. The van der Waals surface area contributed by atoms with E-state index in [0.717, 1.165) is 12.8 Å². The number of rotatable bonds is 6. The molecule has 2 aromatic carbocycles. The molecule has 0 radical (unpaired) electrons. The quantitative estimate of drug-likeness (QED) is 0.566. The summed E-state index contributed by atoms with van der Waals surface area (Å²) in [6.45, 7) is 0.996. The average Bonchev–Trinajstić information content (AvgIpc) is 3.24. The van der Waals surface area contributed by atoms with E-state index in [0.29, 0.717) is 24.4 Å². The van der Waals surface area contributed by atoms with Crippen molar-refractivity contribution in [3.8, 4) is 11.5 Å². The van der Waals surface area contributed by atoms with Crippen LogP contribution in [-0.4, -0.2) is 50.2 Å². The van der Waals surface area contributed by atoms with Gasteiger partial charge in [0, 0.05) is 18.7 Å². The Morgan fingerprint density at radius 2 is 1.96 bits per heavy atom. The third kappa shape index (κ3) is 4.32. The first-order valence-electron chi connectivity index (χ1n) is 8.72. The first kappa shape index (κ1) is 19.8. The first-order chi connectivity index (χ1) is 13.4. The summed E-state index contributed by atoms with van der Waals surface area (Å²) in [5.41, 5.74) is 3.10. The Bertz CT molecular complexity index is 998. The first-order valence-corrected chi connectivity index (χ1v) is 10.2. The number of sulfonamides is 1. The molecule has 1 saturated heterocycles. The van der Waals surface area contributed by atoms with Crippen LogP contribution in [-0.2, 0) is 10.0 Å². The van der Waals surface area contributed by atoms with Crippen molar-refractivity contribution in [2.24, 2.45) is 5.10 Å². The van der Waals surface area contributed by atoms with Gasteiger partial charge in [0.1, 0.15) is 0 Å². The second kappa shape index (κ2) is 8.41. The third-order valence-electron chi connectivity index (χ3n) is 4.38. The molecule has 0 aliphatic carbocycles. The Balaban J connectivity index is 1.70. The SMILES string of the molecule is COc1ccc(C=NNC(=O)c2cccc(S(=O)(=O)N3CCCC3)c2)cc1O. The molecule has 1 amide bonds. The Kier molecular flexibility index (Phi) is 5.96. The number of hydrogen-bond donors (Lipinski definition) is 2. The molecule has 1 aliphatic rings. The molecule has 9 heteroatoms. The highest BCUT2D eigenvalue weighted by molar-refractivity contribution is 7.89. The number of ether oxygens (including phenoxy) is 1. The van der Waals surface area contributed by atoms with E-state index < -0.39 is 15.9 Å². The topological polar surface area (TPSA) is 108 Å². The zero-order valence-corrected chi connectivity index (χ0v) is 16.1. The van der Waals surface area contributed by atoms with Gasteiger partial charge in [0.05, 0.1) is 18.2 Å². The number of phenolic OH excluding ortho intramolecular Hbond substituents is 1. The molecule has 1 fully saturated rings. The lowest BCUT2D eigenvalue weighted by molar-refractivity contribution is 0.0955. The summed E-state index contributed by atoms with van der Waals surface area (Å²) in [5.74, 6) is -0.248. The van der Waals surface area contributed by atoms with Crippen LogP contribution in [0, 0.1) is 0 Å². The van der Waals surface area contributed by atoms with Crippen LogP contribution in [0.4, 0.5) is 0 Å². The minimum Gasteiger partial charge on any atom is -0.504 e. The van der Waals surface area contributed by atoms with E-state index in [4.69, 9.17) is 4.74 Å². The number of nitrogens with one attached hydrogen (secondary N) is 1. The highest BCUT2D eigenvalue weighted by Crippen LogP contribution is 2.25. The van der Waals surface area contributed by atoms with Gasteiger partial charge >= 0.3 is 0 Å². The summed E-state index contributed by atoms with van der Waals surface area (Å²) in [5, 5.41) is 13.6. The minimum atomic E-state index is -3.59. The lowest BCUT2D eigenvalue weighted by atomic mass is 10.2. The van der Waals surface area contributed by atoms with Gasteiger partial charge in [0.2, 0.25) is 10.0 Å². The molecule has 0 aromatic heterocycles. The van der Waals surface area contributed by atoms with Crippen LogP contribution < -0.4 is 10.2 Å². The van der Waals surface area contributed by atoms with Gasteiger partial charge in [-0.15, -0.1) is 0 Å². The number of phenols is 1. The summed E-state index contributed by atoms with van der Waals surface area (Å²) in [4.78, 5) is 12.4. The van der Waals surface area contributed by atoms with Gasteiger partial charge in [-0.25, -0.2) is 13.8 Å². The summed E-state index contributed by atoms with van der Waals surface area (Å²) in [6, 6.07) is 10.6. The zero-order chi connectivity index (χ0) is 20.1. The molecule has 0 bridgehead atoms. The highest BCUT2D eigenvalue weighted by Gasteiger charge is 2.27. The van der Waals surface area contributed by atoms with Crippen LogP contribution in [0.3, 0.4) is 0 Å². The molecule has 0 spiro atoms. The molecule has 2 aromatic rings. The van der Waals surface area contributed by atoms with Crippen molar-refractivity contribution in [3.05, 3.63) is 53.6 Å². The lowest BCUT2D eigenvalue weighted by Crippen LogP contribution is -2.28. The number of carbonyl (C=O) groups is 1. The number of hydrogen-bond acceptors (Lipinski definition) is 6. The number of carbonyl (C=O) groups excluding carboxylic acids is 1. The fraction of sp³-hybridized carbons (Fsp3) is 0.263. The molecule has 148 valence electrons. The van der Waals surface area contributed by atoms with Crippen LogP contribution in [0.15, 0.2) is 52.5 Å². The van der Waals surface area contributed by atoms with Crippen molar-refractivity contribution in [3.63, 3.8) is 0 Å². The maximum atomic E-state index is 12.6. The monoisotopic (exact) mass is 403 g/mol. The van der Waals surface area contributed by atoms with Crippen molar-refractivity contribution < 1.29 is 23.1 Å². The molecule has 1 heterocycles. The second-order valence-corrected chi connectivity index (χ2v) is 8.21. The van der Waals surface area contributed by atoms with Gasteiger partial charge in [-0.05, 0) is 54.8 Å². The van der Waals surface area contributed by atoms with Crippen molar-refractivity contribution in [1.29, 1.82) is 0 Å². The number of aromatic hydroxyl groups is 1. The van der Waals surface area contributed by atoms with E-state index in [9.17, 15) is 18.3 Å². The molecular formula is C19H21N3O5S. The number of hydrazone groups is 1. The van der Waals surface area contributed by atoms with Crippen molar-refractivity contribution in [2.75, 3.05) is 20.2 Å². The Morgan fingerprint density at radius 1 is 1.21 bits per heavy atom. The predicted octanol–water partition coefficient (Wildman–Crippen LogP) is 1.95. The summed E-state index contributed by atoms with van der Waals surface area (Å²) in [6.07, 6.45) is 3.05. The van der Waals surface area contributed by atoms with Gasteiger partial charge in [0.25, 0.3) is 5.91 Å². The number of nitrogens with zero attached hydrogens (tertiary/aromatic N) is 2. The number of amides is 1. The Hall–Kier alpha value is -2.91. The standard InChI is InChI=1S/C19H21N3O5S/c1-27-18-8-7-14(11-17(18)23)13-20-21-19(24)15-5-4-6-16(12-15)28(25,26)22-9-2-3-10-22/h4-8,11-13,23H,2-3,9-10H2,1H3,(H,21,24). The van der Waals surface area contributed by atoms with E-state index in [1.165, 1.54) is 48.0 Å². The fourth-order valence-corrected chi connectivity index (χ4v) is 4.46. The highest BCUT2D eigenvalue weighted by atomic mass is 32.2. The summed E-state index contributed by atoms with van der Waals surface area (Å²) >= 11 is 0. The van der Waals surface area contributed by atoms with E-state index in [1.807, 2.05) is 0 Å². The molecule has 28 heavy (non-hydrogen) atoms. The van der Waals surface area contributed by atoms with E-state index >= 15 is 0 Å². The Morgan fingerprint density at radius 3 is 2.64 bits per heavy atom.